The van der Waals surface area contributed by atoms with Gasteiger partial charge in [0.05, 0.1) is 19.8 Å². The Morgan fingerprint density at radius 3 is 1.77 bits per heavy atom. The molecule has 0 bridgehead atoms. The molecule has 0 aromatic heterocycles. The van der Waals surface area contributed by atoms with E-state index < -0.39 is 126 Å². The van der Waals surface area contributed by atoms with Crippen molar-refractivity contribution in [2.75, 3.05) is 26.4 Å². The second kappa shape index (κ2) is 15.6. The van der Waals surface area contributed by atoms with E-state index in [9.17, 15) is 50.8 Å². The fraction of sp³-hybridized carbons (Fsp3) is 0.960. The molecule has 15 atom stereocenters. The number of hydrogen-bond donors (Lipinski definition) is 10. The topological polar surface area (TPSA) is 267 Å². The number of aliphatic hydroxyl groups excluding tert-OH is 9. The Kier molecular flexibility index (Phi) is 13.2. The minimum absolute atomic E-state index is 0.249. The summed E-state index contributed by atoms with van der Waals surface area (Å²) >= 11 is 0. The van der Waals surface area contributed by atoms with Crippen molar-refractivity contribution in [3.05, 3.63) is 0 Å². The van der Waals surface area contributed by atoms with Gasteiger partial charge in [-0.2, -0.15) is 0 Å². The maximum atomic E-state index is 11.8. The van der Waals surface area contributed by atoms with E-state index in [1.54, 1.807) is 0 Å². The first-order chi connectivity index (χ1) is 20.1. The van der Waals surface area contributed by atoms with Crippen molar-refractivity contribution < 1.29 is 79.2 Å². The second-order valence-corrected chi connectivity index (χ2v) is 17.9. The summed E-state index contributed by atoms with van der Waals surface area (Å²) in [7, 11) is -1.49. The first-order valence-corrected chi connectivity index (χ1v) is 17.9. The van der Waals surface area contributed by atoms with E-state index in [1.807, 2.05) is 0 Å². The van der Waals surface area contributed by atoms with Crippen LogP contribution in [0.3, 0.4) is 0 Å². The lowest BCUT2D eigenvalue weighted by atomic mass is 9.95. The van der Waals surface area contributed by atoms with Crippen LogP contribution in [0.2, 0.25) is 25.7 Å². The summed E-state index contributed by atoms with van der Waals surface area (Å²) in [5, 5.41) is 96.1. The van der Waals surface area contributed by atoms with Crippen LogP contribution in [0.4, 0.5) is 0 Å². The Labute approximate surface area is 249 Å². The van der Waals surface area contributed by atoms with Crippen LogP contribution < -0.4 is 5.32 Å². The molecule has 0 unspecified atom stereocenters. The monoisotopic (exact) mass is 645 g/mol. The number of aliphatic hydroxyl groups is 9. The van der Waals surface area contributed by atoms with Gasteiger partial charge in [0.1, 0.15) is 73.2 Å². The number of rotatable bonds is 12. The molecule has 3 aliphatic heterocycles. The average Bonchev–Trinajstić information content (AvgIpc) is 2.94. The second-order valence-electron chi connectivity index (χ2n) is 12.2. The van der Waals surface area contributed by atoms with Gasteiger partial charge in [0.25, 0.3) is 0 Å². The van der Waals surface area contributed by atoms with Crippen LogP contribution in [0.25, 0.3) is 0 Å². The van der Waals surface area contributed by atoms with Gasteiger partial charge >= 0.3 is 0 Å². The van der Waals surface area contributed by atoms with Gasteiger partial charge in [0.2, 0.25) is 5.91 Å². The molecule has 0 aliphatic carbocycles. The van der Waals surface area contributed by atoms with E-state index in [4.69, 9.17) is 28.4 Å². The summed E-state index contributed by atoms with van der Waals surface area (Å²) in [5.74, 6) is -0.638. The Balaban J connectivity index is 1.78. The summed E-state index contributed by atoms with van der Waals surface area (Å²) in [6, 6.07) is -0.666. The predicted octanol–water partition coefficient (Wildman–Crippen LogP) is -5.07. The van der Waals surface area contributed by atoms with Crippen LogP contribution in [-0.2, 0) is 33.2 Å². The molecule has 3 aliphatic rings. The third kappa shape index (κ3) is 8.88. The lowest BCUT2D eigenvalue weighted by molar-refractivity contribution is -0.375. The van der Waals surface area contributed by atoms with Gasteiger partial charge in [-0.15, -0.1) is 0 Å². The minimum atomic E-state index is -1.88. The molecule has 17 nitrogen and oxygen atoms in total. The van der Waals surface area contributed by atoms with Crippen molar-refractivity contribution >= 4 is 14.0 Å². The predicted molar refractivity (Wildman–Crippen MR) is 145 cm³/mol. The Bertz CT molecular complexity index is 881. The van der Waals surface area contributed by atoms with Gasteiger partial charge in [0.15, 0.2) is 18.9 Å². The summed E-state index contributed by atoms with van der Waals surface area (Å²) in [4.78, 5) is 11.8. The molecular weight excluding hydrogens is 598 g/mol. The molecule has 0 radical (unpaired) electrons. The number of nitrogens with one attached hydrogen (secondary N) is 1. The highest BCUT2D eigenvalue weighted by Crippen LogP contribution is 2.33. The SMILES string of the molecule is CC(=O)N[C@H]1[C@H](O[C@H]2[C@@H](O)[C@@H](CO)O[C@H](O[C@@H]3[C@H](O)[C@@H](O)[C@H](OCC[Si](C)(C)C)O[C@@H]3CO)[C@@H]2O)O[C@H](CO)[C@@H](O)[C@@H]1O. The molecule has 3 heterocycles. The highest BCUT2D eigenvalue weighted by molar-refractivity contribution is 6.76. The van der Waals surface area contributed by atoms with E-state index in [0.717, 1.165) is 13.0 Å². The average molecular weight is 646 g/mol. The van der Waals surface area contributed by atoms with Crippen molar-refractivity contribution in [1.29, 1.82) is 0 Å². The normalized spacial score (nSPS) is 44.3. The maximum absolute atomic E-state index is 11.8. The number of hydrogen-bond acceptors (Lipinski definition) is 16. The molecular formula is C25H47NO16Si. The maximum Gasteiger partial charge on any atom is 0.217 e. The molecule has 0 saturated carbocycles. The van der Waals surface area contributed by atoms with Gasteiger partial charge in [-0.3, -0.25) is 4.79 Å². The van der Waals surface area contributed by atoms with E-state index in [-0.39, 0.29) is 6.61 Å². The number of amides is 1. The van der Waals surface area contributed by atoms with Gasteiger partial charge in [-0.1, -0.05) is 19.6 Å². The third-order valence-corrected chi connectivity index (χ3v) is 9.31. The third-order valence-electron chi connectivity index (χ3n) is 7.61. The van der Waals surface area contributed by atoms with Gasteiger partial charge in [0, 0.05) is 21.6 Å². The van der Waals surface area contributed by atoms with E-state index >= 15 is 0 Å². The molecule has 252 valence electrons. The fourth-order valence-electron chi connectivity index (χ4n) is 5.06. The van der Waals surface area contributed by atoms with E-state index in [1.165, 1.54) is 0 Å². The van der Waals surface area contributed by atoms with Crippen LogP contribution in [0, 0.1) is 0 Å². The summed E-state index contributed by atoms with van der Waals surface area (Å²) in [5.41, 5.74) is 0. The zero-order chi connectivity index (χ0) is 32.2. The van der Waals surface area contributed by atoms with E-state index in [0.29, 0.717) is 0 Å². The number of carbonyl (C=O) groups excluding carboxylic acids is 1. The molecule has 18 heteroatoms. The summed E-state index contributed by atoms with van der Waals surface area (Å²) in [6.45, 7) is 5.54. The number of ether oxygens (including phenoxy) is 6. The van der Waals surface area contributed by atoms with Crippen molar-refractivity contribution in [3.8, 4) is 0 Å². The van der Waals surface area contributed by atoms with Gasteiger partial charge < -0.3 is 79.7 Å². The van der Waals surface area contributed by atoms with Gasteiger partial charge in [-0.25, -0.2) is 0 Å². The zero-order valence-electron chi connectivity index (χ0n) is 24.6. The largest absolute Gasteiger partial charge is 0.394 e. The molecule has 3 fully saturated rings. The van der Waals surface area contributed by atoms with Crippen molar-refractivity contribution in [3.63, 3.8) is 0 Å². The minimum Gasteiger partial charge on any atom is -0.394 e. The molecule has 1 amide bonds. The van der Waals surface area contributed by atoms with Crippen LogP contribution in [0.5, 0.6) is 0 Å². The standard InChI is InChI=1S/C25H47NO16Si/c1-10(30)26-14-17(33)15(31)11(7-27)38-23(14)42-22-16(32)12(8-28)39-25(20(22)36)41-21-13(9-29)40-24(19(35)18(21)34)37-5-6-43(2,3)4/h11-25,27-29,31-36H,5-9H2,1-4H3,(H,26,30)/t11-,12-,13-,14-,15-,16+,17-,18-,19-,20-,21+,22+,23+,24-,25-/m1/s1. The van der Waals surface area contributed by atoms with Crippen molar-refractivity contribution in [2.45, 2.75) is 125 Å². The molecule has 3 saturated heterocycles. The summed E-state index contributed by atoms with van der Waals surface area (Å²) < 4.78 is 33.8. The lowest BCUT2D eigenvalue weighted by Crippen LogP contribution is -2.68. The van der Waals surface area contributed by atoms with Crippen LogP contribution in [0.1, 0.15) is 6.92 Å². The summed E-state index contributed by atoms with van der Waals surface area (Å²) in [6.07, 6.45) is -22.1. The Morgan fingerprint density at radius 1 is 0.674 bits per heavy atom. The van der Waals surface area contributed by atoms with Crippen LogP contribution in [0.15, 0.2) is 0 Å². The highest BCUT2D eigenvalue weighted by Gasteiger charge is 2.54. The van der Waals surface area contributed by atoms with E-state index in [2.05, 4.69) is 25.0 Å². The molecule has 0 aromatic carbocycles. The molecule has 10 N–H and O–H groups in total. The van der Waals surface area contributed by atoms with Crippen molar-refractivity contribution in [1.82, 2.24) is 5.32 Å². The molecule has 43 heavy (non-hydrogen) atoms. The lowest BCUT2D eigenvalue weighted by Gasteiger charge is -2.48. The van der Waals surface area contributed by atoms with Crippen molar-refractivity contribution in [2.24, 2.45) is 0 Å². The first-order valence-electron chi connectivity index (χ1n) is 14.2. The van der Waals surface area contributed by atoms with Crippen LogP contribution in [-0.4, -0.2) is 178 Å². The Hall–Kier alpha value is -0.913. The van der Waals surface area contributed by atoms with Crippen LogP contribution >= 0.6 is 0 Å². The smallest absolute Gasteiger partial charge is 0.217 e. The molecule has 3 rings (SSSR count). The molecule has 0 aromatic rings. The zero-order valence-corrected chi connectivity index (χ0v) is 25.6. The Morgan fingerprint density at radius 2 is 1.21 bits per heavy atom. The number of carbonyl (C=O) groups is 1. The fourth-order valence-corrected chi connectivity index (χ4v) is 5.79. The quantitative estimate of drug-likeness (QED) is 0.0890. The highest BCUT2D eigenvalue weighted by atomic mass is 28.3. The first kappa shape index (κ1) is 36.6. The molecule has 0 spiro atoms. The van der Waals surface area contributed by atoms with Gasteiger partial charge in [-0.05, 0) is 6.04 Å².